The number of nitrogens with zero attached hydrogens (tertiary/aromatic N) is 1. The molecule has 0 radical (unpaired) electrons. The summed E-state index contributed by atoms with van der Waals surface area (Å²) in [6, 6.07) is 20.4. The quantitative estimate of drug-likeness (QED) is 0.254. The van der Waals surface area contributed by atoms with Crippen molar-refractivity contribution < 1.29 is 23.0 Å². The predicted octanol–water partition coefficient (Wildman–Crippen LogP) is 5.49. The maximum absolute atomic E-state index is 13.6. The largest absolute Gasteiger partial charge is 0.493 e. The lowest BCUT2D eigenvalue weighted by Gasteiger charge is -2.42. The third-order valence-corrected chi connectivity index (χ3v) is 7.23. The van der Waals surface area contributed by atoms with Crippen LogP contribution in [0.4, 0.5) is 8.78 Å². The molecule has 1 aliphatic heterocycles. The van der Waals surface area contributed by atoms with Crippen molar-refractivity contribution in [1.82, 2.24) is 4.90 Å². The molecule has 37 heavy (non-hydrogen) atoms. The molecule has 3 aromatic carbocycles. The third-order valence-electron chi connectivity index (χ3n) is 7.23. The molecule has 192 valence electrons. The fourth-order valence-electron chi connectivity index (χ4n) is 5.23. The molecule has 5 rings (SSSR count). The molecular weight excluding hydrogens is 476 g/mol. The number of likely N-dealkylation sites (tertiary alicyclic amines) is 1. The number of aliphatic hydroxyl groups is 1. The zero-order valence-electron chi connectivity index (χ0n) is 20.4. The van der Waals surface area contributed by atoms with Gasteiger partial charge in [-0.3, -0.25) is 0 Å². The molecule has 1 aliphatic rings. The number of hydrogen-bond donors (Lipinski definition) is 1. The molecule has 0 amide bonds. The van der Waals surface area contributed by atoms with E-state index in [1.807, 2.05) is 12.1 Å². The van der Waals surface area contributed by atoms with Crippen LogP contribution in [0.2, 0.25) is 0 Å². The number of rotatable bonds is 8. The summed E-state index contributed by atoms with van der Waals surface area (Å²) >= 11 is 0. The Morgan fingerprint density at radius 3 is 2.11 bits per heavy atom. The minimum atomic E-state index is -1.33. The zero-order chi connectivity index (χ0) is 25.8. The molecule has 0 aliphatic carbocycles. The van der Waals surface area contributed by atoms with Gasteiger partial charge in [0.15, 0.2) is 0 Å². The Bertz CT molecular complexity index is 1350. The monoisotopic (exact) mass is 505 g/mol. The second-order valence-electron chi connectivity index (χ2n) is 9.55. The molecular formula is C30H29F2NO4. The van der Waals surface area contributed by atoms with Gasteiger partial charge in [0, 0.05) is 24.1 Å². The third kappa shape index (κ3) is 5.58. The van der Waals surface area contributed by atoms with Crippen LogP contribution in [0.25, 0.3) is 11.0 Å². The summed E-state index contributed by atoms with van der Waals surface area (Å²) in [6.45, 7) is 2.98. The number of ether oxygens (including phenoxy) is 1. The Morgan fingerprint density at radius 2 is 1.49 bits per heavy atom. The first-order valence-corrected chi connectivity index (χ1v) is 12.6. The van der Waals surface area contributed by atoms with Crippen molar-refractivity contribution in [2.24, 2.45) is 5.92 Å². The van der Waals surface area contributed by atoms with Gasteiger partial charge in [-0.1, -0.05) is 24.3 Å². The highest BCUT2D eigenvalue weighted by atomic mass is 19.1. The Hall–Kier alpha value is -3.55. The molecule has 1 N–H and O–H groups in total. The molecule has 5 nitrogen and oxygen atoms in total. The fraction of sp³-hybridized carbons (Fsp3) is 0.300. The standard InChI is InChI=1S/C30H29F2NO4/c31-25-8-4-22(5-9-25)30(35,23-6-10-26(32)11-7-23)24-14-17-33(18-15-24)16-1-19-36-27-12-2-21-3-13-29(34)37-28(21)20-27/h2-13,20,24,35H,1,14-19H2. The van der Waals surface area contributed by atoms with Crippen LogP contribution >= 0.6 is 0 Å². The summed E-state index contributed by atoms with van der Waals surface area (Å²) in [5.41, 5.74) is -0.000330. The van der Waals surface area contributed by atoms with Crippen molar-refractivity contribution >= 4 is 11.0 Å². The fourth-order valence-corrected chi connectivity index (χ4v) is 5.23. The van der Waals surface area contributed by atoms with E-state index in [1.54, 1.807) is 36.4 Å². The van der Waals surface area contributed by atoms with E-state index in [0.717, 1.165) is 44.3 Å². The highest BCUT2D eigenvalue weighted by Crippen LogP contribution is 2.42. The van der Waals surface area contributed by atoms with Crippen molar-refractivity contribution in [2.75, 3.05) is 26.2 Å². The van der Waals surface area contributed by atoms with Gasteiger partial charge in [0.2, 0.25) is 0 Å². The maximum atomic E-state index is 13.6. The van der Waals surface area contributed by atoms with Crippen LogP contribution in [0.1, 0.15) is 30.4 Å². The topological polar surface area (TPSA) is 62.9 Å². The number of fused-ring (bicyclic) bond motifs is 1. The van der Waals surface area contributed by atoms with Crippen molar-refractivity contribution in [3.63, 3.8) is 0 Å². The molecule has 0 atom stereocenters. The number of halogens is 2. The number of hydrogen-bond acceptors (Lipinski definition) is 5. The van der Waals surface area contributed by atoms with Gasteiger partial charge in [-0.15, -0.1) is 0 Å². The van der Waals surface area contributed by atoms with Crippen molar-refractivity contribution in [2.45, 2.75) is 24.9 Å². The van der Waals surface area contributed by atoms with E-state index < -0.39 is 5.60 Å². The lowest BCUT2D eigenvalue weighted by Crippen LogP contribution is -2.44. The summed E-state index contributed by atoms with van der Waals surface area (Å²) in [6.07, 6.45) is 2.31. The van der Waals surface area contributed by atoms with Crippen LogP contribution in [0.15, 0.2) is 88.1 Å². The minimum Gasteiger partial charge on any atom is -0.493 e. The molecule has 2 heterocycles. The normalized spacial score (nSPS) is 15.2. The van der Waals surface area contributed by atoms with Crippen molar-refractivity contribution in [3.05, 3.63) is 112 Å². The van der Waals surface area contributed by atoms with Gasteiger partial charge in [0.25, 0.3) is 0 Å². The second-order valence-corrected chi connectivity index (χ2v) is 9.55. The lowest BCUT2D eigenvalue weighted by atomic mass is 9.72. The van der Waals surface area contributed by atoms with Crippen LogP contribution in [-0.2, 0) is 5.60 Å². The van der Waals surface area contributed by atoms with E-state index in [-0.39, 0.29) is 23.2 Å². The van der Waals surface area contributed by atoms with Gasteiger partial charge in [-0.05, 0) is 91.9 Å². The number of benzene rings is 3. The SMILES string of the molecule is O=c1ccc2ccc(OCCCN3CCC(C(O)(c4ccc(F)cc4)c4ccc(F)cc4)CC3)cc2o1. The molecule has 0 saturated carbocycles. The van der Waals surface area contributed by atoms with Gasteiger partial charge in [-0.2, -0.15) is 0 Å². The molecule has 0 unspecified atom stereocenters. The first-order valence-electron chi connectivity index (χ1n) is 12.6. The lowest BCUT2D eigenvalue weighted by molar-refractivity contribution is -0.0147. The van der Waals surface area contributed by atoms with Gasteiger partial charge in [0.05, 0.1) is 6.61 Å². The number of piperidine rings is 1. The molecule has 7 heteroatoms. The van der Waals surface area contributed by atoms with Gasteiger partial charge >= 0.3 is 5.63 Å². The second kappa shape index (κ2) is 10.8. The summed E-state index contributed by atoms with van der Waals surface area (Å²) in [5, 5.41) is 12.8. The van der Waals surface area contributed by atoms with E-state index in [1.165, 1.54) is 30.3 Å². The zero-order valence-corrected chi connectivity index (χ0v) is 20.4. The van der Waals surface area contributed by atoms with E-state index in [4.69, 9.17) is 9.15 Å². The molecule has 1 fully saturated rings. The summed E-state index contributed by atoms with van der Waals surface area (Å²) < 4.78 is 38.3. The van der Waals surface area contributed by atoms with Crippen molar-refractivity contribution in [3.8, 4) is 5.75 Å². The van der Waals surface area contributed by atoms with Crippen LogP contribution < -0.4 is 10.4 Å². The molecule has 0 spiro atoms. The highest BCUT2D eigenvalue weighted by Gasteiger charge is 2.41. The van der Waals surface area contributed by atoms with Gasteiger partial charge in [-0.25, -0.2) is 13.6 Å². The molecule has 1 aromatic heterocycles. The van der Waals surface area contributed by atoms with Crippen LogP contribution in [0, 0.1) is 17.6 Å². The minimum absolute atomic E-state index is 0.0943. The van der Waals surface area contributed by atoms with Gasteiger partial charge < -0.3 is 19.2 Å². The van der Waals surface area contributed by atoms with E-state index in [2.05, 4.69) is 4.90 Å². The van der Waals surface area contributed by atoms with E-state index >= 15 is 0 Å². The first kappa shape index (κ1) is 25.1. The molecule has 4 aromatic rings. The van der Waals surface area contributed by atoms with Crippen LogP contribution in [0.5, 0.6) is 5.75 Å². The van der Waals surface area contributed by atoms with E-state index in [9.17, 15) is 18.7 Å². The predicted molar refractivity (Wildman–Crippen MR) is 138 cm³/mol. The Labute approximate surface area is 213 Å². The Balaban J connectivity index is 1.18. The van der Waals surface area contributed by atoms with Crippen molar-refractivity contribution in [1.29, 1.82) is 0 Å². The average Bonchev–Trinajstić information content (AvgIpc) is 2.91. The summed E-state index contributed by atoms with van der Waals surface area (Å²) in [4.78, 5) is 13.8. The summed E-state index contributed by atoms with van der Waals surface area (Å²) in [5.74, 6) is -0.168. The Kier molecular flexibility index (Phi) is 7.35. The molecule has 0 bridgehead atoms. The summed E-state index contributed by atoms with van der Waals surface area (Å²) in [7, 11) is 0. The smallest absolute Gasteiger partial charge is 0.336 e. The highest BCUT2D eigenvalue weighted by molar-refractivity contribution is 5.77. The van der Waals surface area contributed by atoms with Crippen LogP contribution in [-0.4, -0.2) is 36.2 Å². The van der Waals surface area contributed by atoms with E-state index in [0.29, 0.717) is 29.1 Å². The maximum Gasteiger partial charge on any atom is 0.336 e. The van der Waals surface area contributed by atoms with Gasteiger partial charge in [0.1, 0.15) is 28.6 Å². The van der Waals surface area contributed by atoms with Crippen LogP contribution in [0.3, 0.4) is 0 Å². The Morgan fingerprint density at radius 1 is 0.892 bits per heavy atom. The first-order chi connectivity index (χ1) is 17.9. The average molecular weight is 506 g/mol. The molecule has 1 saturated heterocycles.